The molecule has 0 unspecified atom stereocenters. The molecule has 0 spiro atoms. The molecule has 6 heteroatoms. The predicted octanol–water partition coefficient (Wildman–Crippen LogP) is 3.66. The van der Waals surface area contributed by atoms with Gasteiger partial charge in [-0.2, -0.15) is 0 Å². The molecule has 0 atom stereocenters. The van der Waals surface area contributed by atoms with Gasteiger partial charge in [-0.3, -0.25) is 4.79 Å². The number of benzene rings is 2. The van der Waals surface area contributed by atoms with Crippen molar-refractivity contribution < 1.29 is 22.7 Å². The number of alkyl halides is 3. The standard InChI is InChI=1S/C15H12F3NO2/c1-9-10(6-4-7-11(9)14(19)20)12-5-2-3-8-13(12)21-15(16,17)18/h2-8H,1H3,(H2,19,20). The molecule has 3 nitrogen and oxygen atoms in total. The zero-order valence-corrected chi connectivity index (χ0v) is 11.1. The van der Waals surface area contributed by atoms with E-state index in [4.69, 9.17) is 5.73 Å². The molecule has 0 aliphatic carbocycles. The van der Waals surface area contributed by atoms with Crippen LogP contribution in [0.2, 0.25) is 0 Å². The lowest BCUT2D eigenvalue weighted by atomic mass is 9.95. The van der Waals surface area contributed by atoms with Gasteiger partial charge in [0.1, 0.15) is 5.75 Å². The van der Waals surface area contributed by atoms with Crippen molar-refractivity contribution in [3.63, 3.8) is 0 Å². The highest BCUT2D eigenvalue weighted by atomic mass is 19.4. The number of carbonyl (C=O) groups excluding carboxylic acids is 1. The van der Waals surface area contributed by atoms with Gasteiger partial charge in [-0.25, -0.2) is 0 Å². The molecule has 2 N–H and O–H groups in total. The first kappa shape index (κ1) is 14.9. The highest BCUT2D eigenvalue weighted by Gasteiger charge is 2.32. The molecular formula is C15H12F3NO2. The topological polar surface area (TPSA) is 52.3 Å². The van der Waals surface area contributed by atoms with Crippen LogP contribution in [0.3, 0.4) is 0 Å². The monoisotopic (exact) mass is 295 g/mol. The van der Waals surface area contributed by atoms with Crippen LogP contribution < -0.4 is 10.5 Å². The molecule has 0 aliphatic heterocycles. The summed E-state index contributed by atoms with van der Waals surface area (Å²) in [4.78, 5) is 11.3. The normalized spacial score (nSPS) is 11.2. The maximum absolute atomic E-state index is 12.4. The molecular weight excluding hydrogens is 283 g/mol. The van der Waals surface area contributed by atoms with E-state index in [0.717, 1.165) is 0 Å². The quantitative estimate of drug-likeness (QED) is 0.939. The first-order chi connectivity index (χ1) is 9.79. The summed E-state index contributed by atoms with van der Waals surface area (Å²) in [6.07, 6.45) is -4.79. The van der Waals surface area contributed by atoms with Gasteiger partial charge in [-0.05, 0) is 30.2 Å². The van der Waals surface area contributed by atoms with Gasteiger partial charge in [0.15, 0.2) is 0 Å². The Morgan fingerprint density at radius 1 is 1.05 bits per heavy atom. The molecule has 110 valence electrons. The lowest BCUT2D eigenvalue weighted by molar-refractivity contribution is -0.274. The number of amides is 1. The van der Waals surface area contributed by atoms with Crippen LogP contribution in [-0.2, 0) is 0 Å². The first-order valence-corrected chi connectivity index (χ1v) is 6.04. The minimum Gasteiger partial charge on any atom is -0.405 e. The number of para-hydroxylation sites is 1. The number of carbonyl (C=O) groups is 1. The highest BCUT2D eigenvalue weighted by Crippen LogP contribution is 2.35. The van der Waals surface area contributed by atoms with Crippen LogP contribution in [0.1, 0.15) is 15.9 Å². The fourth-order valence-electron chi connectivity index (χ4n) is 2.10. The van der Waals surface area contributed by atoms with Gasteiger partial charge in [0.25, 0.3) is 0 Å². The van der Waals surface area contributed by atoms with Gasteiger partial charge < -0.3 is 10.5 Å². The predicted molar refractivity (Wildman–Crippen MR) is 71.8 cm³/mol. The molecule has 0 aromatic heterocycles. The fourth-order valence-corrected chi connectivity index (χ4v) is 2.10. The van der Waals surface area contributed by atoms with Crippen molar-refractivity contribution in [2.24, 2.45) is 5.73 Å². The van der Waals surface area contributed by atoms with Crippen LogP contribution in [0.5, 0.6) is 5.75 Å². The van der Waals surface area contributed by atoms with Crippen LogP contribution in [0, 0.1) is 6.92 Å². The maximum Gasteiger partial charge on any atom is 0.573 e. The number of ether oxygens (including phenoxy) is 1. The number of primary amides is 1. The largest absolute Gasteiger partial charge is 0.573 e. The van der Waals surface area contributed by atoms with E-state index in [-0.39, 0.29) is 16.9 Å². The van der Waals surface area contributed by atoms with Crippen molar-refractivity contribution in [2.75, 3.05) is 0 Å². The Kier molecular flexibility index (Phi) is 3.88. The maximum atomic E-state index is 12.4. The minimum absolute atomic E-state index is 0.246. The van der Waals surface area contributed by atoms with Gasteiger partial charge in [-0.1, -0.05) is 30.3 Å². The molecule has 0 radical (unpaired) electrons. The van der Waals surface area contributed by atoms with E-state index in [1.54, 1.807) is 25.1 Å². The molecule has 2 rings (SSSR count). The molecule has 2 aromatic carbocycles. The molecule has 0 bridgehead atoms. The molecule has 0 saturated carbocycles. The second-order valence-electron chi connectivity index (χ2n) is 4.39. The van der Waals surface area contributed by atoms with Gasteiger partial charge in [-0.15, -0.1) is 13.2 Å². The second-order valence-corrected chi connectivity index (χ2v) is 4.39. The van der Waals surface area contributed by atoms with Crippen molar-refractivity contribution in [2.45, 2.75) is 13.3 Å². The Bertz CT molecular complexity index is 681. The Morgan fingerprint density at radius 3 is 2.29 bits per heavy atom. The lowest BCUT2D eigenvalue weighted by Crippen LogP contribution is -2.18. The summed E-state index contributed by atoms with van der Waals surface area (Å²) < 4.78 is 41.4. The first-order valence-electron chi connectivity index (χ1n) is 6.04. The summed E-state index contributed by atoms with van der Waals surface area (Å²) in [7, 11) is 0. The molecule has 0 fully saturated rings. The van der Waals surface area contributed by atoms with Gasteiger partial charge in [0.2, 0.25) is 5.91 Å². The van der Waals surface area contributed by atoms with E-state index in [9.17, 15) is 18.0 Å². The van der Waals surface area contributed by atoms with E-state index >= 15 is 0 Å². The van der Waals surface area contributed by atoms with E-state index < -0.39 is 12.3 Å². The van der Waals surface area contributed by atoms with Crippen molar-refractivity contribution >= 4 is 5.91 Å². The van der Waals surface area contributed by atoms with Crippen LogP contribution in [0.4, 0.5) is 13.2 Å². The summed E-state index contributed by atoms with van der Waals surface area (Å²) in [6, 6.07) is 10.4. The Hall–Kier alpha value is -2.50. The number of nitrogens with two attached hydrogens (primary N) is 1. The average Bonchev–Trinajstić information content (AvgIpc) is 2.38. The van der Waals surface area contributed by atoms with Crippen molar-refractivity contribution in [3.8, 4) is 16.9 Å². The van der Waals surface area contributed by atoms with E-state index in [1.807, 2.05) is 0 Å². The van der Waals surface area contributed by atoms with Gasteiger partial charge in [0.05, 0.1) is 0 Å². The summed E-state index contributed by atoms with van der Waals surface area (Å²) in [6.45, 7) is 1.62. The Labute approximate surface area is 119 Å². The highest BCUT2D eigenvalue weighted by molar-refractivity contribution is 5.96. The lowest BCUT2D eigenvalue weighted by Gasteiger charge is -2.15. The fraction of sp³-hybridized carbons (Fsp3) is 0.133. The second kappa shape index (κ2) is 5.47. The Morgan fingerprint density at radius 2 is 1.67 bits per heavy atom. The van der Waals surface area contributed by atoms with Crippen LogP contribution in [0.25, 0.3) is 11.1 Å². The van der Waals surface area contributed by atoms with Crippen molar-refractivity contribution in [1.29, 1.82) is 0 Å². The Balaban J connectivity index is 2.58. The minimum atomic E-state index is -4.79. The van der Waals surface area contributed by atoms with Crippen LogP contribution in [0.15, 0.2) is 42.5 Å². The number of rotatable bonds is 3. The number of halogens is 3. The van der Waals surface area contributed by atoms with Gasteiger partial charge in [0, 0.05) is 11.1 Å². The van der Waals surface area contributed by atoms with Crippen LogP contribution in [-0.4, -0.2) is 12.3 Å². The summed E-state index contributed by atoms with van der Waals surface area (Å²) >= 11 is 0. The number of hydrogen-bond acceptors (Lipinski definition) is 2. The van der Waals surface area contributed by atoms with Gasteiger partial charge >= 0.3 is 6.36 Å². The third-order valence-corrected chi connectivity index (χ3v) is 3.00. The van der Waals surface area contributed by atoms with E-state index in [0.29, 0.717) is 11.1 Å². The zero-order valence-electron chi connectivity index (χ0n) is 11.1. The number of hydrogen-bond donors (Lipinski definition) is 1. The molecule has 0 aliphatic rings. The summed E-state index contributed by atoms with van der Waals surface area (Å²) in [5.41, 5.74) is 6.72. The van der Waals surface area contributed by atoms with E-state index in [1.165, 1.54) is 24.3 Å². The smallest absolute Gasteiger partial charge is 0.405 e. The van der Waals surface area contributed by atoms with Crippen molar-refractivity contribution in [1.82, 2.24) is 0 Å². The molecule has 1 amide bonds. The SMILES string of the molecule is Cc1c(C(N)=O)cccc1-c1ccccc1OC(F)(F)F. The zero-order chi connectivity index (χ0) is 15.6. The third-order valence-electron chi connectivity index (χ3n) is 3.00. The molecule has 2 aromatic rings. The van der Waals surface area contributed by atoms with Crippen molar-refractivity contribution in [3.05, 3.63) is 53.6 Å². The third kappa shape index (κ3) is 3.34. The van der Waals surface area contributed by atoms with Crippen LogP contribution >= 0.6 is 0 Å². The molecule has 21 heavy (non-hydrogen) atoms. The summed E-state index contributed by atoms with van der Waals surface area (Å²) in [5.74, 6) is -0.960. The molecule has 0 heterocycles. The summed E-state index contributed by atoms with van der Waals surface area (Å²) in [5, 5.41) is 0. The average molecular weight is 295 g/mol. The van der Waals surface area contributed by atoms with E-state index in [2.05, 4.69) is 4.74 Å². The molecule has 0 saturated heterocycles.